The Labute approximate surface area is 123 Å². The summed E-state index contributed by atoms with van der Waals surface area (Å²) >= 11 is 0. The van der Waals surface area contributed by atoms with Crippen LogP contribution < -0.4 is 5.32 Å². The van der Waals surface area contributed by atoms with E-state index in [0.29, 0.717) is 5.92 Å². The number of hydrogen-bond donors (Lipinski definition) is 1. The van der Waals surface area contributed by atoms with E-state index in [2.05, 4.69) is 44.0 Å². The van der Waals surface area contributed by atoms with Crippen molar-refractivity contribution in [1.82, 2.24) is 10.2 Å². The standard InChI is InChI=1S/C17H30N2O/c1-5-19(11-15-6-7-15)12-16-8-14(4)17(20-16)10-18-9-13(2)3/h8,13,15,18H,5-7,9-12H2,1-4H3. The van der Waals surface area contributed by atoms with Gasteiger partial charge in [-0.05, 0) is 56.3 Å². The molecule has 3 heteroatoms. The number of furan rings is 1. The Hall–Kier alpha value is -0.800. The molecule has 1 aliphatic carbocycles. The molecular formula is C17H30N2O. The summed E-state index contributed by atoms with van der Waals surface area (Å²) in [7, 11) is 0. The van der Waals surface area contributed by atoms with E-state index in [9.17, 15) is 0 Å². The maximum Gasteiger partial charge on any atom is 0.120 e. The fraction of sp³-hybridized carbons (Fsp3) is 0.765. The highest BCUT2D eigenvalue weighted by molar-refractivity contribution is 5.20. The van der Waals surface area contributed by atoms with Crippen LogP contribution in [-0.4, -0.2) is 24.5 Å². The van der Waals surface area contributed by atoms with Crippen LogP contribution in [0.3, 0.4) is 0 Å². The van der Waals surface area contributed by atoms with Gasteiger partial charge in [-0.2, -0.15) is 0 Å². The lowest BCUT2D eigenvalue weighted by Gasteiger charge is -2.18. The van der Waals surface area contributed by atoms with Crippen molar-refractivity contribution in [2.24, 2.45) is 11.8 Å². The highest BCUT2D eigenvalue weighted by Crippen LogP contribution is 2.30. The maximum absolute atomic E-state index is 6.03. The van der Waals surface area contributed by atoms with E-state index in [4.69, 9.17) is 4.42 Å². The molecule has 0 aliphatic heterocycles. The summed E-state index contributed by atoms with van der Waals surface area (Å²) in [5, 5.41) is 3.46. The first-order chi connectivity index (χ1) is 9.58. The van der Waals surface area contributed by atoms with Gasteiger partial charge in [0.25, 0.3) is 0 Å². The van der Waals surface area contributed by atoms with Crippen LogP contribution in [0.25, 0.3) is 0 Å². The number of rotatable bonds is 9. The number of nitrogens with one attached hydrogen (secondary N) is 1. The molecule has 1 fully saturated rings. The maximum atomic E-state index is 6.03. The topological polar surface area (TPSA) is 28.4 Å². The summed E-state index contributed by atoms with van der Waals surface area (Å²) in [4.78, 5) is 2.50. The number of hydrogen-bond acceptors (Lipinski definition) is 3. The second kappa shape index (κ2) is 7.28. The van der Waals surface area contributed by atoms with Gasteiger partial charge in [-0.25, -0.2) is 0 Å². The Morgan fingerprint density at radius 3 is 2.75 bits per heavy atom. The van der Waals surface area contributed by atoms with Crippen LogP contribution >= 0.6 is 0 Å². The minimum absolute atomic E-state index is 0.680. The van der Waals surface area contributed by atoms with Crippen LogP contribution in [0.1, 0.15) is 50.7 Å². The molecule has 0 amide bonds. The van der Waals surface area contributed by atoms with Gasteiger partial charge in [0.05, 0.1) is 13.1 Å². The largest absolute Gasteiger partial charge is 0.463 e. The zero-order valence-electron chi connectivity index (χ0n) is 13.5. The van der Waals surface area contributed by atoms with E-state index in [1.807, 2.05) is 0 Å². The predicted molar refractivity (Wildman–Crippen MR) is 83.7 cm³/mol. The van der Waals surface area contributed by atoms with Crippen molar-refractivity contribution in [2.45, 2.75) is 53.6 Å². The van der Waals surface area contributed by atoms with Crippen LogP contribution in [-0.2, 0) is 13.1 Å². The number of nitrogens with zero attached hydrogens (tertiary/aromatic N) is 1. The van der Waals surface area contributed by atoms with Gasteiger partial charge in [-0.15, -0.1) is 0 Å². The molecule has 0 bridgehead atoms. The molecule has 0 unspecified atom stereocenters. The molecule has 0 atom stereocenters. The first-order valence-electron chi connectivity index (χ1n) is 8.09. The molecule has 3 nitrogen and oxygen atoms in total. The molecule has 1 saturated carbocycles. The van der Waals surface area contributed by atoms with E-state index in [0.717, 1.165) is 43.6 Å². The lowest BCUT2D eigenvalue weighted by Crippen LogP contribution is -2.24. The Morgan fingerprint density at radius 2 is 2.15 bits per heavy atom. The van der Waals surface area contributed by atoms with Crippen LogP contribution in [0.15, 0.2) is 10.5 Å². The predicted octanol–water partition coefficient (Wildman–Crippen LogP) is 3.57. The van der Waals surface area contributed by atoms with E-state index >= 15 is 0 Å². The third kappa shape index (κ3) is 4.95. The first-order valence-corrected chi connectivity index (χ1v) is 8.09. The van der Waals surface area contributed by atoms with Crippen LogP contribution in [0, 0.1) is 18.8 Å². The molecule has 0 aromatic carbocycles. The fourth-order valence-electron chi connectivity index (χ4n) is 2.51. The number of aryl methyl sites for hydroxylation is 1. The molecule has 1 aromatic heterocycles. The van der Waals surface area contributed by atoms with Crippen molar-refractivity contribution in [3.8, 4) is 0 Å². The summed E-state index contributed by atoms with van der Waals surface area (Å²) in [5.41, 5.74) is 1.28. The third-order valence-corrected chi connectivity index (χ3v) is 3.95. The van der Waals surface area contributed by atoms with Crippen molar-refractivity contribution in [3.05, 3.63) is 23.2 Å². The Bertz CT molecular complexity index is 407. The van der Waals surface area contributed by atoms with Crippen molar-refractivity contribution < 1.29 is 4.42 Å². The summed E-state index contributed by atoms with van der Waals surface area (Å²) in [6, 6.07) is 2.21. The normalized spacial score (nSPS) is 15.5. The quantitative estimate of drug-likeness (QED) is 0.748. The summed E-state index contributed by atoms with van der Waals surface area (Å²) in [6.45, 7) is 14.0. The van der Waals surface area contributed by atoms with Gasteiger partial charge in [0.2, 0.25) is 0 Å². The molecular weight excluding hydrogens is 248 g/mol. The van der Waals surface area contributed by atoms with Gasteiger partial charge in [0, 0.05) is 6.54 Å². The monoisotopic (exact) mass is 278 g/mol. The van der Waals surface area contributed by atoms with E-state index in [1.165, 1.54) is 24.9 Å². The second-order valence-corrected chi connectivity index (χ2v) is 6.61. The van der Waals surface area contributed by atoms with E-state index in [1.54, 1.807) is 0 Å². The summed E-state index contributed by atoms with van der Waals surface area (Å²) in [5.74, 6) is 3.84. The Balaban J connectivity index is 1.84. The molecule has 1 N–H and O–H groups in total. The zero-order valence-corrected chi connectivity index (χ0v) is 13.5. The molecule has 0 radical (unpaired) electrons. The zero-order chi connectivity index (χ0) is 14.5. The molecule has 20 heavy (non-hydrogen) atoms. The minimum Gasteiger partial charge on any atom is -0.463 e. The molecule has 1 aromatic rings. The van der Waals surface area contributed by atoms with Crippen LogP contribution in [0.4, 0.5) is 0 Å². The van der Waals surface area contributed by atoms with Crippen LogP contribution in [0.5, 0.6) is 0 Å². The Kier molecular flexibility index (Phi) is 5.67. The molecule has 114 valence electrons. The third-order valence-electron chi connectivity index (χ3n) is 3.95. The van der Waals surface area contributed by atoms with Gasteiger partial charge >= 0.3 is 0 Å². The fourth-order valence-corrected chi connectivity index (χ4v) is 2.51. The summed E-state index contributed by atoms with van der Waals surface area (Å²) < 4.78 is 6.03. The highest BCUT2D eigenvalue weighted by Gasteiger charge is 2.24. The second-order valence-electron chi connectivity index (χ2n) is 6.61. The smallest absolute Gasteiger partial charge is 0.120 e. The molecule has 2 rings (SSSR count). The highest BCUT2D eigenvalue weighted by atomic mass is 16.3. The van der Waals surface area contributed by atoms with Crippen molar-refractivity contribution in [1.29, 1.82) is 0 Å². The lowest BCUT2D eigenvalue weighted by atomic mass is 10.2. The van der Waals surface area contributed by atoms with Gasteiger partial charge in [0.15, 0.2) is 0 Å². The van der Waals surface area contributed by atoms with E-state index < -0.39 is 0 Å². The lowest BCUT2D eigenvalue weighted by molar-refractivity contribution is 0.243. The van der Waals surface area contributed by atoms with Gasteiger partial charge < -0.3 is 9.73 Å². The average Bonchev–Trinajstić information content (AvgIpc) is 3.13. The van der Waals surface area contributed by atoms with Crippen molar-refractivity contribution >= 4 is 0 Å². The van der Waals surface area contributed by atoms with Gasteiger partial charge in [-0.3, -0.25) is 4.90 Å². The Morgan fingerprint density at radius 1 is 1.40 bits per heavy atom. The summed E-state index contributed by atoms with van der Waals surface area (Å²) in [6.07, 6.45) is 2.83. The molecule has 1 aliphatic rings. The SMILES string of the molecule is CCN(Cc1cc(C)c(CNCC(C)C)o1)CC1CC1. The van der Waals surface area contributed by atoms with Crippen molar-refractivity contribution in [2.75, 3.05) is 19.6 Å². The minimum atomic E-state index is 0.680. The average molecular weight is 278 g/mol. The van der Waals surface area contributed by atoms with Crippen molar-refractivity contribution in [3.63, 3.8) is 0 Å². The molecule has 1 heterocycles. The van der Waals surface area contributed by atoms with E-state index in [-0.39, 0.29) is 0 Å². The van der Waals surface area contributed by atoms with Gasteiger partial charge in [0.1, 0.15) is 11.5 Å². The molecule has 0 spiro atoms. The molecule has 0 saturated heterocycles. The first kappa shape index (κ1) is 15.6. The van der Waals surface area contributed by atoms with Gasteiger partial charge in [-0.1, -0.05) is 20.8 Å². The van der Waals surface area contributed by atoms with Crippen LogP contribution in [0.2, 0.25) is 0 Å².